The molecule has 0 radical (unpaired) electrons. The van der Waals surface area contributed by atoms with E-state index in [0.717, 1.165) is 24.1 Å². The van der Waals surface area contributed by atoms with Gasteiger partial charge in [-0.1, -0.05) is 22.0 Å². The molecule has 0 aliphatic carbocycles. The van der Waals surface area contributed by atoms with Gasteiger partial charge in [-0.3, -0.25) is 0 Å². The first-order valence-corrected chi connectivity index (χ1v) is 6.29. The lowest BCUT2D eigenvalue weighted by Gasteiger charge is -2.29. The molecule has 1 N–H and O–H groups in total. The molecule has 1 heterocycles. The van der Waals surface area contributed by atoms with E-state index in [1.807, 2.05) is 0 Å². The minimum absolute atomic E-state index is 0.571. The highest BCUT2D eigenvalue weighted by molar-refractivity contribution is 9.10. The molecule has 1 aliphatic rings. The number of nitrogens with zero attached hydrogens (tertiary/aromatic N) is 1. The fourth-order valence-electron chi connectivity index (χ4n) is 2.05. The van der Waals surface area contributed by atoms with Crippen molar-refractivity contribution in [2.75, 3.05) is 24.5 Å². The Kier molecular flexibility index (Phi) is 3.65. The van der Waals surface area contributed by atoms with Crippen molar-refractivity contribution in [3.63, 3.8) is 0 Å². The van der Waals surface area contributed by atoms with Crippen molar-refractivity contribution in [1.29, 1.82) is 0 Å². The van der Waals surface area contributed by atoms with Crippen LogP contribution in [0.3, 0.4) is 0 Å². The van der Waals surface area contributed by atoms with Crippen LogP contribution in [0, 0.1) is 0 Å². The molecule has 82 valence electrons. The van der Waals surface area contributed by atoms with E-state index >= 15 is 0 Å². The largest absolute Gasteiger partial charge is 0.367 e. The van der Waals surface area contributed by atoms with Crippen LogP contribution < -0.4 is 10.2 Å². The molecule has 0 amide bonds. The average Bonchev–Trinajstić information content (AvgIpc) is 2.43. The Morgan fingerprint density at radius 1 is 1.47 bits per heavy atom. The molecule has 2 rings (SSSR count). The Bertz CT molecular complexity index is 327. The molecule has 1 aliphatic heterocycles. The fourth-order valence-corrected chi connectivity index (χ4v) is 2.44. The van der Waals surface area contributed by atoms with Crippen LogP contribution in [0.1, 0.15) is 13.3 Å². The van der Waals surface area contributed by atoms with E-state index in [0.29, 0.717) is 6.04 Å². The second kappa shape index (κ2) is 4.99. The Balaban J connectivity index is 2.20. The SMILES string of the molecule is CC1CNCCCN1c1cccc(Br)c1. The van der Waals surface area contributed by atoms with E-state index in [4.69, 9.17) is 0 Å². The summed E-state index contributed by atoms with van der Waals surface area (Å²) in [6.45, 7) is 5.63. The van der Waals surface area contributed by atoms with Crippen LogP contribution in [0.2, 0.25) is 0 Å². The number of hydrogen-bond acceptors (Lipinski definition) is 2. The maximum absolute atomic E-state index is 3.53. The van der Waals surface area contributed by atoms with Crippen LogP contribution in [0.5, 0.6) is 0 Å². The summed E-state index contributed by atoms with van der Waals surface area (Å²) in [5, 5.41) is 3.46. The molecule has 15 heavy (non-hydrogen) atoms. The summed E-state index contributed by atoms with van der Waals surface area (Å²) in [5.74, 6) is 0. The number of hydrogen-bond donors (Lipinski definition) is 1. The van der Waals surface area contributed by atoms with Gasteiger partial charge in [-0.05, 0) is 38.1 Å². The van der Waals surface area contributed by atoms with Crippen molar-refractivity contribution in [2.45, 2.75) is 19.4 Å². The third-order valence-electron chi connectivity index (χ3n) is 2.86. The minimum Gasteiger partial charge on any atom is -0.367 e. The molecule has 0 aromatic heterocycles. The van der Waals surface area contributed by atoms with E-state index in [9.17, 15) is 0 Å². The Hall–Kier alpha value is -0.540. The first-order chi connectivity index (χ1) is 7.27. The summed E-state index contributed by atoms with van der Waals surface area (Å²) in [6, 6.07) is 9.13. The van der Waals surface area contributed by atoms with Gasteiger partial charge in [0.25, 0.3) is 0 Å². The highest BCUT2D eigenvalue weighted by atomic mass is 79.9. The van der Waals surface area contributed by atoms with Gasteiger partial charge >= 0.3 is 0 Å². The molecule has 0 saturated carbocycles. The lowest BCUT2D eigenvalue weighted by Crippen LogP contribution is -2.37. The second-order valence-electron chi connectivity index (χ2n) is 4.08. The van der Waals surface area contributed by atoms with Gasteiger partial charge in [0, 0.05) is 29.3 Å². The monoisotopic (exact) mass is 268 g/mol. The minimum atomic E-state index is 0.571. The summed E-state index contributed by atoms with van der Waals surface area (Å²) < 4.78 is 1.16. The zero-order chi connectivity index (χ0) is 10.7. The van der Waals surface area contributed by atoms with Crippen LogP contribution in [-0.4, -0.2) is 25.7 Å². The van der Waals surface area contributed by atoms with E-state index in [1.165, 1.54) is 12.1 Å². The van der Waals surface area contributed by atoms with Gasteiger partial charge < -0.3 is 10.2 Å². The van der Waals surface area contributed by atoms with Crippen LogP contribution in [0.15, 0.2) is 28.7 Å². The molecule has 1 aromatic rings. The average molecular weight is 269 g/mol. The molecule has 1 fully saturated rings. The lowest BCUT2D eigenvalue weighted by atomic mass is 10.2. The summed E-state index contributed by atoms with van der Waals surface area (Å²) in [7, 11) is 0. The zero-order valence-corrected chi connectivity index (χ0v) is 10.6. The molecule has 3 heteroatoms. The molecule has 1 aromatic carbocycles. The van der Waals surface area contributed by atoms with Crippen LogP contribution in [0.4, 0.5) is 5.69 Å². The molecule has 1 saturated heterocycles. The fraction of sp³-hybridized carbons (Fsp3) is 0.500. The molecule has 2 nitrogen and oxygen atoms in total. The normalized spacial score (nSPS) is 22.5. The van der Waals surface area contributed by atoms with Gasteiger partial charge in [-0.15, -0.1) is 0 Å². The number of benzene rings is 1. The van der Waals surface area contributed by atoms with Crippen molar-refractivity contribution in [3.8, 4) is 0 Å². The first-order valence-electron chi connectivity index (χ1n) is 5.50. The third-order valence-corrected chi connectivity index (χ3v) is 3.36. The first kappa shape index (κ1) is 11.0. The highest BCUT2D eigenvalue weighted by Crippen LogP contribution is 2.22. The Morgan fingerprint density at radius 2 is 2.33 bits per heavy atom. The van der Waals surface area contributed by atoms with Gasteiger partial charge in [0.05, 0.1) is 0 Å². The summed E-state index contributed by atoms with van der Waals surface area (Å²) >= 11 is 3.53. The summed E-state index contributed by atoms with van der Waals surface area (Å²) in [5.41, 5.74) is 1.32. The molecule has 0 bridgehead atoms. The molecule has 1 unspecified atom stereocenters. The summed E-state index contributed by atoms with van der Waals surface area (Å²) in [6.07, 6.45) is 1.22. The Morgan fingerprint density at radius 3 is 3.13 bits per heavy atom. The van der Waals surface area contributed by atoms with Gasteiger partial charge in [-0.25, -0.2) is 0 Å². The second-order valence-corrected chi connectivity index (χ2v) is 5.00. The van der Waals surface area contributed by atoms with Crippen molar-refractivity contribution in [3.05, 3.63) is 28.7 Å². The highest BCUT2D eigenvalue weighted by Gasteiger charge is 2.16. The van der Waals surface area contributed by atoms with E-state index in [1.54, 1.807) is 0 Å². The van der Waals surface area contributed by atoms with E-state index < -0.39 is 0 Å². The van der Waals surface area contributed by atoms with E-state index in [-0.39, 0.29) is 0 Å². The van der Waals surface area contributed by atoms with Gasteiger partial charge in [0.15, 0.2) is 0 Å². The maximum Gasteiger partial charge on any atom is 0.0386 e. The van der Waals surface area contributed by atoms with Crippen molar-refractivity contribution in [1.82, 2.24) is 5.32 Å². The molecule has 1 atom stereocenters. The predicted molar refractivity (Wildman–Crippen MR) is 68.4 cm³/mol. The van der Waals surface area contributed by atoms with Crippen molar-refractivity contribution in [2.24, 2.45) is 0 Å². The van der Waals surface area contributed by atoms with Crippen LogP contribution >= 0.6 is 15.9 Å². The molecule has 0 spiro atoms. The quantitative estimate of drug-likeness (QED) is 0.843. The number of halogens is 1. The third kappa shape index (κ3) is 2.73. The smallest absolute Gasteiger partial charge is 0.0386 e. The number of nitrogens with one attached hydrogen (secondary N) is 1. The van der Waals surface area contributed by atoms with Crippen molar-refractivity contribution < 1.29 is 0 Å². The standard InChI is InChI=1S/C12H17BrN2/c1-10-9-14-6-3-7-15(10)12-5-2-4-11(13)8-12/h2,4-5,8,10,14H,3,6-7,9H2,1H3. The lowest BCUT2D eigenvalue weighted by molar-refractivity contribution is 0.630. The Labute approximate surface area is 99.8 Å². The van der Waals surface area contributed by atoms with Crippen LogP contribution in [-0.2, 0) is 0 Å². The molecular formula is C12H17BrN2. The maximum atomic E-state index is 3.53. The van der Waals surface area contributed by atoms with E-state index in [2.05, 4.69) is 57.3 Å². The zero-order valence-electron chi connectivity index (χ0n) is 9.04. The number of rotatable bonds is 1. The predicted octanol–water partition coefficient (Wildman–Crippen LogP) is 2.64. The number of anilines is 1. The topological polar surface area (TPSA) is 15.3 Å². The van der Waals surface area contributed by atoms with Gasteiger partial charge in [-0.2, -0.15) is 0 Å². The summed E-state index contributed by atoms with van der Waals surface area (Å²) in [4.78, 5) is 2.48. The molecular weight excluding hydrogens is 252 g/mol. The van der Waals surface area contributed by atoms with Crippen LogP contribution in [0.25, 0.3) is 0 Å². The van der Waals surface area contributed by atoms with Gasteiger partial charge in [0.2, 0.25) is 0 Å². The van der Waals surface area contributed by atoms with Crippen molar-refractivity contribution >= 4 is 21.6 Å². The van der Waals surface area contributed by atoms with Gasteiger partial charge in [0.1, 0.15) is 0 Å².